The first-order valence-corrected chi connectivity index (χ1v) is 16.9. The molecule has 0 radical (unpaired) electrons. The van der Waals surface area contributed by atoms with Gasteiger partial charge in [0, 0.05) is 32.0 Å². The van der Waals surface area contributed by atoms with Gasteiger partial charge in [-0.3, -0.25) is 4.79 Å². The minimum absolute atomic E-state index is 0. The lowest BCUT2D eigenvalue weighted by Gasteiger charge is -2.44. The summed E-state index contributed by atoms with van der Waals surface area (Å²) < 4.78 is 56.0. The Hall–Kier alpha value is -3.22. The molecule has 0 fully saturated rings. The van der Waals surface area contributed by atoms with E-state index in [4.69, 9.17) is 9.47 Å². The van der Waals surface area contributed by atoms with E-state index in [-0.39, 0.29) is 51.5 Å². The van der Waals surface area contributed by atoms with E-state index in [0.717, 1.165) is 11.1 Å². The molecule has 0 heterocycles. The molecule has 0 aromatic heterocycles. The lowest BCUT2D eigenvalue weighted by molar-refractivity contribution is -0.838. The zero-order chi connectivity index (χ0) is 32.9. The Balaban J connectivity index is 0.00000736. The monoisotopic (exact) mass is 680 g/mol. The predicted octanol–water partition coefficient (Wildman–Crippen LogP) is 5.30. The number of rotatable bonds is 19. The van der Waals surface area contributed by atoms with E-state index in [1.165, 1.54) is 12.1 Å². The lowest BCUT2D eigenvalue weighted by atomic mass is 9.98. The third-order valence-electron chi connectivity index (χ3n) is 7.74. The number of benzene rings is 3. The molecule has 9 nitrogen and oxygen atoms in total. The van der Waals surface area contributed by atoms with Crippen molar-refractivity contribution in [2.24, 2.45) is 0 Å². The predicted molar refractivity (Wildman–Crippen MR) is 181 cm³/mol. The summed E-state index contributed by atoms with van der Waals surface area (Å²) in [5.74, 6) is -0.171. The SMILES string of the molecule is CCC[N+](CCC)(C(Cc1cc(F)cc(OCc2ccccc2)c1)C(O)CNCc1cccc(OC)c1)S(=O)(=O)NC(=O)CC.Cl. The van der Waals surface area contributed by atoms with E-state index in [1.54, 1.807) is 20.1 Å². The number of amides is 1. The van der Waals surface area contributed by atoms with Crippen molar-refractivity contribution in [3.63, 3.8) is 0 Å². The van der Waals surface area contributed by atoms with Crippen molar-refractivity contribution in [2.45, 2.75) is 71.8 Å². The molecule has 2 atom stereocenters. The molecule has 1 amide bonds. The molecule has 12 heteroatoms. The molecular weight excluding hydrogens is 633 g/mol. The van der Waals surface area contributed by atoms with Crippen molar-refractivity contribution in [1.29, 1.82) is 0 Å². The molecule has 254 valence electrons. The summed E-state index contributed by atoms with van der Waals surface area (Å²) in [7, 11) is -2.74. The van der Waals surface area contributed by atoms with Crippen LogP contribution in [-0.4, -0.2) is 62.2 Å². The number of carbonyl (C=O) groups excluding carboxylic acids is 1. The fraction of sp³-hybridized carbons (Fsp3) is 0.441. The van der Waals surface area contributed by atoms with Gasteiger partial charge in [0.15, 0.2) is 0 Å². The van der Waals surface area contributed by atoms with Gasteiger partial charge in [-0.25, -0.2) is 9.11 Å². The zero-order valence-electron chi connectivity index (χ0n) is 27.1. The molecule has 0 saturated heterocycles. The van der Waals surface area contributed by atoms with Crippen molar-refractivity contribution in [3.8, 4) is 11.5 Å². The topological polar surface area (TPSA) is 114 Å². The Bertz CT molecular complexity index is 1470. The number of aliphatic hydroxyl groups is 1. The average molecular weight is 681 g/mol. The Morgan fingerprint density at radius 2 is 1.57 bits per heavy atom. The summed E-state index contributed by atoms with van der Waals surface area (Å²) in [6.45, 7) is 6.28. The first-order chi connectivity index (χ1) is 21.6. The highest BCUT2D eigenvalue weighted by Gasteiger charge is 2.51. The van der Waals surface area contributed by atoms with Crippen LogP contribution in [0, 0.1) is 5.82 Å². The summed E-state index contributed by atoms with van der Waals surface area (Å²) in [5, 5.41) is 15.0. The van der Waals surface area contributed by atoms with Crippen molar-refractivity contribution >= 4 is 28.5 Å². The van der Waals surface area contributed by atoms with Crippen molar-refractivity contribution in [3.05, 3.63) is 95.3 Å². The van der Waals surface area contributed by atoms with Gasteiger partial charge < -0.3 is 19.9 Å². The zero-order valence-corrected chi connectivity index (χ0v) is 28.7. The number of quaternary nitrogens is 1. The molecule has 3 aromatic rings. The van der Waals surface area contributed by atoms with Crippen molar-refractivity contribution < 1.29 is 36.1 Å². The highest BCUT2D eigenvalue weighted by Crippen LogP contribution is 2.29. The summed E-state index contributed by atoms with van der Waals surface area (Å²) >= 11 is 0. The van der Waals surface area contributed by atoms with Crippen LogP contribution in [0.5, 0.6) is 11.5 Å². The standard InChI is InChI=1S/C34H46FN3O6S.ClH/c1-5-16-38(17-6-2,45(41,42)37-34(40)7-3)32(33(39)24-36-23-27-14-11-15-30(19-27)43-4)21-28-18-29(35)22-31(20-28)44-25-26-12-9-8-10-13-26;/h8-15,18-20,22,32-33,36,39H,5-7,16-17,21,23-25H2,1-4H3;1H/p+1. The molecule has 46 heavy (non-hydrogen) atoms. The van der Waals surface area contributed by atoms with Gasteiger partial charge in [0.1, 0.15) is 36.1 Å². The Kier molecular flexibility index (Phi) is 15.9. The van der Waals surface area contributed by atoms with E-state index in [2.05, 4.69) is 10.0 Å². The maximum Gasteiger partial charge on any atom is 0.396 e. The highest BCUT2D eigenvalue weighted by molar-refractivity contribution is 7.84. The van der Waals surface area contributed by atoms with Gasteiger partial charge in [0.2, 0.25) is 5.91 Å². The number of methoxy groups -OCH3 is 1. The van der Waals surface area contributed by atoms with Crippen LogP contribution in [0.4, 0.5) is 4.39 Å². The summed E-state index contributed by atoms with van der Waals surface area (Å²) in [6, 6.07) is 20.3. The normalized spacial score (nSPS) is 12.9. The molecular formula is C34H48ClFN3O6S+. The molecule has 0 aliphatic heterocycles. The van der Waals surface area contributed by atoms with Crippen LogP contribution in [0.1, 0.15) is 56.7 Å². The minimum atomic E-state index is -4.33. The lowest BCUT2D eigenvalue weighted by Crippen LogP contribution is -2.68. The fourth-order valence-corrected chi connectivity index (χ4v) is 7.66. The molecule has 3 rings (SSSR count). The molecule has 2 unspecified atom stereocenters. The highest BCUT2D eigenvalue weighted by atomic mass is 35.5. The van der Waals surface area contributed by atoms with E-state index in [1.807, 2.05) is 68.4 Å². The van der Waals surface area contributed by atoms with Crippen LogP contribution in [0.25, 0.3) is 0 Å². The number of nitrogens with one attached hydrogen (secondary N) is 2. The number of hydrogen-bond acceptors (Lipinski definition) is 7. The van der Waals surface area contributed by atoms with Gasteiger partial charge in [0.05, 0.1) is 20.2 Å². The van der Waals surface area contributed by atoms with Gasteiger partial charge in [0.25, 0.3) is 0 Å². The van der Waals surface area contributed by atoms with E-state index < -0.39 is 38.0 Å². The number of hydrogen-bond donors (Lipinski definition) is 3. The van der Waals surface area contributed by atoms with Gasteiger partial charge in [-0.1, -0.05) is 63.2 Å². The van der Waals surface area contributed by atoms with E-state index >= 15 is 0 Å². The van der Waals surface area contributed by atoms with E-state index in [9.17, 15) is 22.7 Å². The molecule has 0 saturated carbocycles. The van der Waals surface area contributed by atoms with Gasteiger partial charge in [-0.15, -0.1) is 12.4 Å². The molecule has 0 spiro atoms. The smallest absolute Gasteiger partial charge is 0.396 e. The Morgan fingerprint density at radius 1 is 0.913 bits per heavy atom. The largest absolute Gasteiger partial charge is 0.497 e. The summed E-state index contributed by atoms with van der Waals surface area (Å²) in [4.78, 5) is 12.4. The second kappa shape index (κ2) is 18.8. The second-order valence-electron chi connectivity index (χ2n) is 11.1. The maximum atomic E-state index is 15.0. The summed E-state index contributed by atoms with van der Waals surface area (Å²) in [6.07, 6.45) is -0.243. The maximum absolute atomic E-state index is 15.0. The quantitative estimate of drug-likeness (QED) is 0.147. The number of aliphatic hydroxyl groups excluding tert-OH is 1. The minimum Gasteiger partial charge on any atom is -0.497 e. The van der Waals surface area contributed by atoms with Crippen LogP contribution in [-0.2, 0) is 34.6 Å². The average Bonchev–Trinajstić information content (AvgIpc) is 3.02. The third kappa shape index (κ3) is 10.7. The Morgan fingerprint density at radius 3 is 2.20 bits per heavy atom. The van der Waals surface area contributed by atoms with Crippen LogP contribution in [0.2, 0.25) is 0 Å². The molecule has 3 N–H and O–H groups in total. The number of ether oxygens (including phenoxy) is 2. The van der Waals surface area contributed by atoms with Crippen LogP contribution in [0.15, 0.2) is 72.8 Å². The van der Waals surface area contributed by atoms with Crippen LogP contribution >= 0.6 is 12.4 Å². The van der Waals surface area contributed by atoms with Gasteiger partial charge >= 0.3 is 10.2 Å². The Labute approximate surface area is 279 Å². The summed E-state index contributed by atoms with van der Waals surface area (Å²) in [5.41, 5.74) is 2.31. The van der Waals surface area contributed by atoms with Crippen LogP contribution in [0.3, 0.4) is 0 Å². The van der Waals surface area contributed by atoms with Crippen LogP contribution < -0.4 is 19.5 Å². The first kappa shape index (κ1) is 39.0. The fourth-order valence-electron chi connectivity index (χ4n) is 5.63. The second-order valence-corrected chi connectivity index (χ2v) is 13.0. The van der Waals surface area contributed by atoms with Gasteiger partial charge in [-0.05, 0) is 53.8 Å². The van der Waals surface area contributed by atoms with Crippen molar-refractivity contribution in [2.75, 3.05) is 26.7 Å². The molecule has 0 bridgehead atoms. The van der Waals surface area contributed by atoms with Crippen molar-refractivity contribution in [1.82, 2.24) is 10.0 Å². The number of halogens is 2. The number of carbonyl (C=O) groups is 1. The number of nitrogens with zero attached hydrogens (tertiary/aromatic N) is 1. The first-order valence-electron chi connectivity index (χ1n) is 15.5. The van der Waals surface area contributed by atoms with E-state index in [0.29, 0.717) is 36.4 Å². The van der Waals surface area contributed by atoms with Gasteiger partial charge in [-0.2, -0.15) is 12.3 Å². The third-order valence-corrected chi connectivity index (χ3v) is 9.82. The molecule has 0 aliphatic rings. The molecule has 0 aliphatic carbocycles. The molecule has 3 aromatic carbocycles.